The summed E-state index contributed by atoms with van der Waals surface area (Å²) in [5.41, 5.74) is -0.861. The van der Waals surface area contributed by atoms with Crippen LogP contribution in [0.5, 0.6) is 0 Å². The van der Waals surface area contributed by atoms with Gasteiger partial charge < -0.3 is 9.84 Å². The second-order valence-corrected chi connectivity index (χ2v) is 7.82. The van der Waals surface area contributed by atoms with Crippen molar-refractivity contribution in [1.82, 2.24) is 14.8 Å². The molecule has 0 saturated carbocycles. The minimum Gasteiger partial charge on any atom is -0.462 e. The molecule has 0 saturated heterocycles. The number of aliphatic hydroxyl groups is 1. The lowest BCUT2D eigenvalue weighted by molar-refractivity contribution is -0.143. The Morgan fingerprint density at radius 3 is 2.67 bits per heavy atom. The number of aromatic nitrogens is 3. The summed E-state index contributed by atoms with van der Waals surface area (Å²) in [5.74, 6) is -0.972. The van der Waals surface area contributed by atoms with E-state index < -0.39 is 23.4 Å². The van der Waals surface area contributed by atoms with E-state index in [1.807, 2.05) is 19.9 Å². The first-order valence-electron chi connectivity index (χ1n) is 9.21. The van der Waals surface area contributed by atoms with Gasteiger partial charge in [-0.2, -0.15) is 18.3 Å². The topological polar surface area (TPSA) is 77.2 Å². The maximum absolute atomic E-state index is 13.7. The number of thiophene rings is 1. The van der Waals surface area contributed by atoms with Gasteiger partial charge in [-0.25, -0.2) is 14.5 Å². The number of carbonyl (C=O) groups is 1. The van der Waals surface area contributed by atoms with Crippen molar-refractivity contribution in [2.45, 2.75) is 39.5 Å². The van der Waals surface area contributed by atoms with Crippen LogP contribution in [-0.2, 0) is 17.5 Å². The molecule has 0 radical (unpaired) electrons. The lowest BCUT2D eigenvalue weighted by Gasteiger charge is -2.12. The fraction of sp³-hybridized carbons (Fsp3) is 0.350. The maximum atomic E-state index is 13.7. The number of alkyl halides is 3. The van der Waals surface area contributed by atoms with E-state index in [-0.39, 0.29) is 24.9 Å². The van der Waals surface area contributed by atoms with Crippen molar-refractivity contribution in [2.75, 3.05) is 6.61 Å². The zero-order chi connectivity index (χ0) is 22.1. The van der Waals surface area contributed by atoms with Crippen molar-refractivity contribution >= 4 is 17.3 Å². The fourth-order valence-electron chi connectivity index (χ4n) is 2.89. The van der Waals surface area contributed by atoms with E-state index in [1.54, 1.807) is 12.1 Å². The first-order chi connectivity index (χ1) is 14.2. The first-order valence-corrected chi connectivity index (χ1v) is 10.0. The van der Waals surface area contributed by atoms with E-state index in [0.717, 1.165) is 11.1 Å². The summed E-state index contributed by atoms with van der Waals surface area (Å²) in [4.78, 5) is 18.0. The molecule has 0 unspecified atom stereocenters. The average molecular weight is 439 g/mol. The molecule has 3 aromatic rings. The van der Waals surface area contributed by atoms with E-state index in [0.29, 0.717) is 20.8 Å². The van der Waals surface area contributed by atoms with Gasteiger partial charge in [0.1, 0.15) is 5.56 Å². The number of hydrogen-bond donors (Lipinski definition) is 1. The van der Waals surface area contributed by atoms with Gasteiger partial charge in [-0.15, -0.1) is 11.3 Å². The molecule has 0 aliphatic carbocycles. The molecule has 3 heterocycles. The van der Waals surface area contributed by atoms with E-state index in [1.165, 1.54) is 24.3 Å². The Labute approximate surface area is 174 Å². The van der Waals surface area contributed by atoms with E-state index in [9.17, 15) is 23.1 Å². The molecule has 0 bridgehead atoms. The molecule has 0 aliphatic heterocycles. The quantitative estimate of drug-likeness (QED) is 0.558. The molecule has 30 heavy (non-hydrogen) atoms. The number of pyridine rings is 1. The van der Waals surface area contributed by atoms with Crippen LogP contribution in [0.3, 0.4) is 0 Å². The van der Waals surface area contributed by atoms with Crippen molar-refractivity contribution in [3.05, 3.63) is 52.2 Å². The van der Waals surface area contributed by atoms with Gasteiger partial charge in [0.15, 0.2) is 11.5 Å². The van der Waals surface area contributed by atoms with Crippen LogP contribution < -0.4 is 0 Å². The Hall–Kier alpha value is -2.72. The highest BCUT2D eigenvalue weighted by Gasteiger charge is 2.41. The number of rotatable bonds is 6. The molecule has 0 aliphatic rings. The number of aliphatic hydroxyl groups excluding tert-OH is 1. The maximum Gasteiger partial charge on any atom is 0.434 e. The highest BCUT2D eigenvalue weighted by molar-refractivity contribution is 7.15. The van der Waals surface area contributed by atoms with Gasteiger partial charge >= 0.3 is 12.1 Å². The van der Waals surface area contributed by atoms with Gasteiger partial charge in [0.2, 0.25) is 0 Å². The van der Waals surface area contributed by atoms with Crippen LogP contribution in [0, 0.1) is 0 Å². The van der Waals surface area contributed by atoms with Gasteiger partial charge in [0.25, 0.3) is 0 Å². The monoisotopic (exact) mass is 439 g/mol. The van der Waals surface area contributed by atoms with Crippen LogP contribution in [-0.4, -0.2) is 32.4 Å². The van der Waals surface area contributed by atoms with Crippen LogP contribution in [0.2, 0.25) is 0 Å². The number of esters is 1. The number of halogens is 3. The van der Waals surface area contributed by atoms with Gasteiger partial charge in [-0.1, -0.05) is 19.9 Å². The molecular weight excluding hydrogens is 419 g/mol. The number of ether oxygens (including phenoxy) is 1. The molecule has 0 amide bonds. The van der Waals surface area contributed by atoms with Crippen LogP contribution >= 0.6 is 11.3 Å². The first kappa shape index (κ1) is 22.0. The number of hydrogen-bond acceptors (Lipinski definition) is 6. The Balaban J connectivity index is 2.13. The van der Waals surface area contributed by atoms with Crippen LogP contribution in [0.4, 0.5) is 13.2 Å². The standard InChI is InChI=1S/C20H20F3N3O3S/c1-4-29-19(28)13-9-24-26(18(13)20(21,22)23)16-7-5-6-14(25-16)17-12(10-27)8-15(30-17)11(2)3/h5-9,11,27H,4,10H2,1-3H3. The normalized spacial score (nSPS) is 11.9. The third-order valence-electron chi connectivity index (χ3n) is 4.28. The van der Waals surface area contributed by atoms with Crippen molar-refractivity contribution in [2.24, 2.45) is 0 Å². The predicted molar refractivity (Wildman–Crippen MR) is 106 cm³/mol. The summed E-state index contributed by atoms with van der Waals surface area (Å²) in [5, 5.41) is 13.4. The molecule has 0 aromatic carbocycles. The van der Waals surface area contributed by atoms with Gasteiger partial charge in [-0.3, -0.25) is 0 Å². The van der Waals surface area contributed by atoms with E-state index in [2.05, 4.69) is 10.1 Å². The van der Waals surface area contributed by atoms with Gasteiger partial charge in [-0.05, 0) is 36.6 Å². The molecule has 6 nitrogen and oxygen atoms in total. The summed E-state index contributed by atoms with van der Waals surface area (Å²) in [6.45, 7) is 5.25. The Morgan fingerprint density at radius 2 is 2.07 bits per heavy atom. The summed E-state index contributed by atoms with van der Waals surface area (Å²) in [7, 11) is 0. The largest absolute Gasteiger partial charge is 0.462 e. The molecular formula is C20H20F3N3O3S. The van der Waals surface area contributed by atoms with E-state index >= 15 is 0 Å². The Morgan fingerprint density at radius 1 is 1.33 bits per heavy atom. The third kappa shape index (κ3) is 4.24. The second-order valence-electron chi connectivity index (χ2n) is 6.73. The minimum absolute atomic E-state index is 0.0600. The van der Waals surface area contributed by atoms with Crippen molar-refractivity contribution in [3.8, 4) is 16.4 Å². The van der Waals surface area contributed by atoms with Gasteiger partial charge in [0.05, 0.1) is 30.0 Å². The van der Waals surface area contributed by atoms with Crippen LogP contribution in [0.1, 0.15) is 53.2 Å². The zero-order valence-electron chi connectivity index (χ0n) is 16.5. The highest BCUT2D eigenvalue weighted by Crippen LogP contribution is 2.37. The van der Waals surface area contributed by atoms with Gasteiger partial charge in [0, 0.05) is 4.88 Å². The third-order valence-corrected chi connectivity index (χ3v) is 5.78. The molecule has 160 valence electrons. The lowest BCUT2D eigenvalue weighted by atomic mass is 10.1. The molecule has 10 heteroatoms. The average Bonchev–Trinajstić information content (AvgIpc) is 3.33. The summed E-state index contributed by atoms with van der Waals surface area (Å²) in [6, 6.07) is 6.45. The van der Waals surface area contributed by atoms with Crippen LogP contribution in [0.25, 0.3) is 16.4 Å². The molecule has 3 rings (SSSR count). The Bertz CT molecular complexity index is 1060. The smallest absolute Gasteiger partial charge is 0.434 e. The molecule has 3 aromatic heterocycles. The summed E-state index contributed by atoms with van der Waals surface area (Å²) < 4.78 is 46.5. The highest BCUT2D eigenvalue weighted by atomic mass is 32.1. The fourth-order valence-corrected chi connectivity index (χ4v) is 4.04. The van der Waals surface area contributed by atoms with Crippen molar-refractivity contribution < 1.29 is 27.8 Å². The predicted octanol–water partition coefficient (Wildman–Crippen LogP) is 4.81. The molecule has 0 spiro atoms. The summed E-state index contributed by atoms with van der Waals surface area (Å²) >= 11 is 1.43. The SMILES string of the molecule is CCOC(=O)c1cnn(-c2cccc(-c3sc(C(C)C)cc3CO)n2)c1C(F)(F)F. The Kier molecular flexibility index (Phi) is 6.27. The molecule has 1 N–H and O–H groups in total. The van der Waals surface area contributed by atoms with Crippen LogP contribution in [0.15, 0.2) is 30.5 Å². The van der Waals surface area contributed by atoms with Crippen molar-refractivity contribution in [1.29, 1.82) is 0 Å². The minimum atomic E-state index is -4.85. The number of carbonyl (C=O) groups excluding carboxylic acids is 1. The molecule has 0 atom stereocenters. The van der Waals surface area contributed by atoms with E-state index in [4.69, 9.17) is 4.74 Å². The lowest BCUT2D eigenvalue weighted by Crippen LogP contribution is -2.19. The zero-order valence-corrected chi connectivity index (χ0v) is 17.3. The molecule has 0 fully saturated rings. The number of nitrogens with zero attached hydrogens (tertiary/aromatic N) is 3. The van der Waals surface area contributed by atoms with Crippen molar-refractivity contribution in [3.63, 3.8) is 0 Å². The summed E-state index contributed by atoms with van der Waals surface area (Å²) in [6.07, 6.45) is -4.02. The second kappa shape index (κ2) is 8.57.